The van der Waals surface area contributed by atoms with Gasteiger partial charge in [-0.15, -0.1) is 0 Å². The summed E-state index contributed by atoms with van der Waals surface area (Å²) in [5.74, 6) is 1.80. The van der Waals surface area contributed by atoms with E-state index in [4.69, 9.17) is 4.98 Å². The van der Waals surface area contributed by atoms with E-state index in [2.05, 4.69) is 93.4 Å². The smallest absolute Gasteiger partial charge is 0.213 e. The summed E-state index contributed by atoms with van der Waals surface area (Å²) in [4.78, 5) is 4.97. The van der Waals surface area contributed by atoms with Crippen LogP contribution in [-0.4, -0.2) is 9.55 Å². The van der Waals surface area contributed by atoms with E-state index in [1.165, 1.54) is 49.9 Å². The highest BCUT2D eigenvalue weighted by molar-refractivity contribution is 5.90. The lowest BCUT2D eigenvalue weighted by atomic mass is 9.95. The molecule has 0 aliphatic carbocycles. The third-order valence-electron chi connectivity index (χ3n) is 6.61. The zero-order valence-electron chi connectivity index (χ0n) is 18.9. The first-order valence-electron chi connectivity index (χ1n) is 10.9. The first kappa shape index (κ1) is 19.0. The number of allylic oxidation sites excluding steroid dienone is 1. The molecule has 152 valence electrons. The standard InChI is InChI=1S/C27H30N3/c1-16(2)12-20-8-7-9-24-21(20)10-11-25(29(24)6)22-14-23-27(19(5)18(22)4)30-15-17(3)13-26(30)28-23/h7-11,14-16H,12-13H2,1-6H3/q+1. The van der Waals surface area contributed by atoms with Gasteiger partial charge in [-0.3, -0.25) is 0 Å². The minimum absolute atomic E-state index is 0.647. The van der Waals surface area contributed by atoms with Gasteiger partial charge in [0.25, 0.3) is 0 Å². The summed E-state index contributed by atoms with van der Waals surface area (Å²) in [6.45, 7) is 11.2. The maximum Gasteiger partial charge on any atom is 0.213 e. The van der Waals surface area contributed by atoms with Gasteiger partial charge >= 0.3 is 0 Å². The molecule has 3 nitrogen and oxygen atoms in total. The molecule has 0 bridgehead atoms. The third-order valence-corrected chi connectivity index (χ3v) is 6.61. The van der Waals surface area contributed by atoms with Crippen molar-refractivity contribution in [3.05, 3.63) is 64.5 Å². The molecule has 5 rings (SSSR count). The predicted molar refractivity (Wildman–Crippen MR) is 126 cm³/mol. The third kappa shape index (κ3) is 2.79. The molecule has 1 aliphatic rings. The Labute approximate surface area is 178 Å². The lowest BCUT2D eigenvalue weighted by molar-refractivity contribution is -0.633. The van der Waals surface area contributed by atoms with E-state index < -0.39 is 0 Å². The number of nitrogens with zero attached hydrogens (tertiary/aromatic N) is 3. The molecular formula is C27H30N3+. The second-order valence-electron chi connectivity index (χ2n) is 9.32. The molecule has 2 aromatic heterocycles. The van der Waals surface area contributed by atoms with Crippen molar-refractivity contribution < 1.29 is 4.57 Å². The Morgan fingerprint density at radius 2 is 1.87 bits per heavy atom. The van der Waals surface area contributed by atoms with Crippen LogP contribution in [-0.2, 0) is 19.9 Å². The van der Waals surface area contributed by atoms with Crippen molar-refractivity contribution in [1.29, 1.82) is 0 Å². The van der Waals surface area contributed by atoms with Crippen molar-refractivity contribution in [2.75, 3.05) is 0 Å². The van der Waals surface area contributed by atoms with Gasteiger partial charge < -0.3 is 4.57 Å². The van der Waals surface area contributed by atoms with Crippen LogP contribution in [0.2, 0.25) is 0 Å². The van der Waals surface area contributed by atoms with Crippen molar-refractivity contribution in [2.24, 2.45) is 13.0 Å². The SMILES string of the molecule is CC1=Cn2c(nc3cc(-c4ccc5c(CC(C)C)cccc5[n+]4C)c(C)c(C)c32)C1. The molecule has 0 saturated carbocycles. The quantitative estimate of drug-likeness (QED) is 0.394. The summed E-state index contributed by atoms with van der Waals surface area (Å²) in [5.41, 5.74) is 11.6. The van der Waals surface area contributed by atoms with Gasteiger partial charge in [-0.1, -0.05) is 26.0 Å². The Bertz CT molecular complexity index is 1350. The molecule has 4 aromatic rings. The van der Waals surface area contributed by atoms with Crippen LogP contribution in [0.25, 0.3) is 39.4 Å². The van der Waals surface area contributed by atoms with E-state index in [0.29, 0.717) is 5.92 Å². The van der Waals surface area contributed by atoms with E-state index in [9.17, 15) is 0 Å². The number of aromatic nitrogens is 3. The molecule has 0 atom stereocenters. The fraction of sp³-hybridized carbons (Fsp3) is 0.333. The zero-order valence-corrected chi connectivity index (χ0v) is 18.9. The second-order valence-corrected chi connectivity index (χ2v) is 9.32. The highest BCUT2D eigenvalue weighted by Gasteiger charge is 2.23. The summed E-state index contributed by atoms with van der Waals surface area (Å²) in [6.07, 6.45) is 4.29. The number of hydrogen-bond acceptors (Lipinski definition) is 1. The summed E-state index contributed by atoms with van der Waals surface area (Å²) in [5, 5.41) is 1.36. The normalized spacial score (nSPS) is 13.5. The summed E-state index contributed by atoms with van der Waals surface area (Å²) < 4.78 is 4.63. The molecule has 0 N–H and O–H groups in total. The van der Waals surface area contributed by atoms with Crippen molar-refractivity contribution >= 4 is 28.1 Å². The molecule has 0 unspecified atom stereocenters. The highest BCUT2D eigenvalue weighted by atomic mass is 15.1. The van der Waals surface area contributed by atoms with Crippen LogP contribution < -0.4 is 4.57 Å². The monoisotopic (exact) mass is 396 g/mol. The van der Waals surface area contributed by atoms with Crippen molar-refractivity contribution in [3.63, 3.8) is 0 Å². The van der Waals surface area contributed by atoms with Gasteiger partial charge in [0.05, 0.1) is 16.6 Å². The lowest BCUT2D eigenvalue weighted by Crippen LogP contribution is -2.32. The fourth-order valence-corrected chi connectivity index (χ4v) is 5.02. The van der Waals surface area contributed by atoms with Crippen LogP contribution in [0.1, 0.15) is 43.3 Å². The second kappa shape index (κ2) is 6.80. The number of imidazole rings is 1. The molecule has 2 aromatic carbocycles. The van der Waals surface area contributed by atoms with Crippen LogP contribution in [0, 0.1) is 19.8 Å². The van der Waals surface area contributed by atoms with E-state index in [0.717, 1.165) is 24.2 Å². The van der Waals surface area contributed by atoms with E-state index in [1.54, 1.807) is 0 Å². The molecule has 1 aliphatic heterocycles. The van der Waals surface area contributed by atoms with Crippen LogP contribution >= 0.6 is 0 Å². The van der Waals surface area contributed by atoms with Gasteiger partial charge in [0.15, 0.2) is 0 Å². The van der Waals surface area contributed by atoms with Crippen LogP contribution in [0.5, 0.6) is 0 Å². The summed E-state index contributed by atoms with van der Waals surface area (Å²) >= 11 is 0. The number of aryl methyl sites for hydroxylation is 2. The molecule has 3 heteroatoms. The lowest BCUT2D eigenvalue weighted by Gasteiger charge is -2.12. The largest absolute Gasteiger partial charge is 0.303 e. The van der Waals surface area contributed by atoms with Crippen molar-refractivity contribution in [1.82, 2.24) is 9.55 Å². The Morgan fingerprint density at radius 1 is 1.07 bits per heavy atom. The molecule has 0 radical (unpaired) electrons. The van der Waals surface area contributed by atoms with Gasteiger partial charge in [0.1, 0.15) is 12.9 Å². The summed E-state index contributed by atoms with van der Waals surface area (Å²) in [6, 6.07) is 13.6. The van der Waals surface area contributed by atoms with Crippen LogP contribution in [0.4, 0.5) is 0 Å². The minimum Gasteiger partial charge on any atom is -0.303 e. The zero-order chi connectivity index (χ0) is 21.2. The first-order chi connectivity index (χ1) is 14.3. The molecule has 0 amide bonds. The molecule has 30 heavy (non-hydrogen) atoms. The average Bonchev–Trinajstić information content (AvgIpc) is 3.21. The molecule has 3 heterocycles. The average molecular weight is 397 g/mol. The minimum atomic E-state index is 0.647. The van der Waals surface area contributed by atoms with Crippen molar-refractivity contribution in [2.45, 2.75) is 47.5 Å². The number of fused-ring (bicyclic) bond motifs is 4. The van der Waals surface area contributed by atoms with Crippen molar-refractivity contribution in [3.8, 4) is 11.3 Å². The Kier molecular flexibility index (Phi) is 4.32. The van der Waals surface area contributed by atoms with E-state index in [1.807, 2.05) is 0 Å². The van der Waals surface area contributed by atoms with Gasteiger partial charge in [-0.25, -0.2) is 4.98 Å². The Balaban J connectivity index is 1.73. The number of benzene rings is 2. The predicted octanol–water partition coefficient (Wildman–Crippen LogP) is 5.91. The fourth-order valence-electron chi connectivity index (χ4n) is 5.02. The maximum atomic E-state index is 4.97. The highest BCUT2D eigenvalue weighted by Crippen LogP contribution is 2.34. The van der Waals surface area contributed by atoms with E-state index in [-0.39, 0.29) is 0 Å². The van der Waals surface area contributed by atoms with Crippen LogP contribution in [0.3, 0.4) is 0 Å². The Morgan fingerprint density at radius 3 is 2.63 bits per heavy atom. The first-order valence-corrected chi connectivity index (χ1v) is 10.9. The topological polar surface area (TPSA) is 21.7 Å². The molecular weight excluding hydrogens is 366 g/mol. The van der Waals surface area contributed by atoms with Gasteiger partial charge in [0, 0.05) is 30.1 Å². The molecule has 0 fully saturated rings. The molecule has 0 saturated heterocycles. The van der Waals surface area contributed by atoms with Crippen LogP contribution in [0.15, 0.2) is 42.0 Å². The van der Waals surface area contributed by atoms with Gasteiger partial charge in [-0.05, 0) is 67.5 Å². The number of hydrogen-bond donors (Lipinski definition) is 0. The van der Waals surface area contributed by atoms with Gasteiger partial charge in [0.2, 0.25) is 11.2 Å². The maximum absolute atomic E-state index is 4.97. The van der Waals surface area contributed by atoms with Gasteiger partial charge in [-0.2, -0.15) is 4.57 Å². The Hall–Kier alpha value is -2.94. The number of pyridine rings is 1. The molecule has 0 spiro atoms. The summed E-state index contributed by atoms with van der Waals surface area (Å²) in [7, 11) is 2.19. The van der Waals surface area contributed by atoms with E-state index >= 15 is 0 Å². The number of rotatable bonds is 3.